The maximum absolute atomic E-state index is 10.5. The second-order valence-electron chi connectivity index (χ2n) is 7.55. The van der Waals surface area contributed by atoms with Gasteiger partial charge >= 0.3 is 0 Å². The minimum Gasteiger partial charge on any atom is -0.394 e. The van der Waals surface area contributed by atoms with Gasteiger partial charge in [-0.05, 0) is 5.53 Å². The lowest BCUT2D eigenvalue weighted by Crippen LogP contribution is -2.64. The number of nitrogens with zero attached hydrogens (tertiary/aromatic N) is 3. The van der Waals surface area contributed by atoms with E-state index in [0.717, 1.165) is 0 Å². The van der Waals surface area contributed by atoms with Gasteiger partial charge in [0, 0.05) is 11.5 Å². The molecule has 2 aliphatic heterocycles. The largest absolute Gasteiger partial charge is 0.394 e. The predicted molar refractivity (Wildman–Crippen MR) is 108 cm³/mol. The molecule has 2 fully saturated rings. The highest BCUT2D eigenvalue weighted by Crippen LogP contribution is 2.29. The Balaban J connectivity index is 1.79. The lowest BCUT2D eigenvalue weighted by molar-refractivity contribution is -0.359. The molecule has 0 aromatic heterocycles. The number of hydrogen-bond donors (Lipinski definition) is 7. The fourth-order valence-electron chi connectivity index (χ4n) is 3.39. The van der Waals surface area contributed by atoms with Gasteiger partial charge in [0.15, 0.2) is 12.6 Å². The highest BCUT2D eigenvalue weighted by Gasteiger charge is 2.50. The minimum absolute atomic E-state index is 0.0243. The van der Waals surface area contributed by atoms with Crippen LogP contribution in [0.15, 0.2) is 5.11 Å². The summed E-state index contributed by atoms with van der Waals surface area (Å²) in [5.74, 6) is 0. The van der Waals surface area contributed by atoms with E-state index in [4.69, 9.17) is 34.0 Å². The number of aliphatic hydroxyl groups is 7. The van der Waals surface area contributed by atoms with E-state index in [0.29, 0.717) is 0 Å². The van der Waals surface area contributed by atoms with Crippen LogP contribution < -0.4 is 0 Å². The Labute approximate surface area is 194 Å². The molecule has 0 saturated carbocycles. The first kappa shape index (κ1) is 29.0. The number of hydrogen-bond acceptors (Lipinski definition) is 14. The first-order valence-corrected chi connectivity index (χ1v) is 10.7. The molecule has 7 N–H and O–H groups in total. The molecule has 2 saturated heterocycles. The topological polar surface area (TPSA) is 246 Å². The quantitative estimate of drug-likeness (QED) is 0.0521. The van der Waals surface area contributed by atoms with Gasteiger partial charge in [0.1, 0.15) is 48.8 Å². The van der Waals surface area contributed by atoms with Crippen LogP contribution in [0.4, 0.5) is 0 Å². The third-order valence-electron chi connectivity index (χ3n) is 5.24. The van der Waals surface area contributed by atoms with Crippen molar-refractivity contribution in [3.8, 4) is 0 Å². The Bertz CT molecular complexity index is 624. The smallest absolute Gasteiger partial charge is 0.187 e. The molecule has 0 aromatic carbocycles. The molecule has 0 spiro atoms. The maximum Gasteiger partial charge on any atom is 0.187 e. The predicted octanol–water partition coefficient (Wildman–Crippen LogP) is -4.03. The first-order chi connectivity index (χ1) is 16.3. The third kappa shape index (κ3) is 7.91. The Morgan fingerprint density at radius 3 is 1.94 bits per heavy atom. The van der Waals surface area contributed by atoms with Crippen LogP contribution in [0.1, 0.15) is 0 Å². The maximum atomic E-state index is 10.5. The highest BCUT2D eigenvalue weighted by atomic mass is 16.7. The van der Waals surface area contributed by atoms with Crippen LogP contribution in [0.25, 0.3) is 10.4 Å². The van der Waals surface area contributed by atoms with Gasteiger partial charge in [-0.3, -0.25) is 0 Å². The molecule has 10 atom stereocenters. The molecule has 2 aliphatic rings. The minimum atomic E-state index is -1.74. The Kier molecular flexibility index (Phi) is 12.8. The molecule has 0 amide bonds. The van der Waals surface area contributed by atoms with E-state index in [2.05, 4.69) is 10.0 Å². The Morgan fingerprint density at radius 1 is 0.706 bits per heavy atom. The molecule has 6 unspecified atom stereocenters. The van der Waals surface area contributed by atoms with Crippen molar-refractivity contribution in [2.75, 3.05) is 52.8 Å². The summed E-state index contributed by atoms with van der Waals surface area (Å²) in [6.07, 6.45) is -15.1. The molecule has 198 valence electrons. The van der Waals surface area contributed by atoms with Gasteiger partial charge in [-0.25, -0.2) is 0 Å². The highest BCUT2D eigenvalue weighted by molar-refractivity contribution is 4.94. The third-order valence-corrected chi connectivity index (χ3v) is 5.24. The summed E-state index contributed by atoms with van der Waals surface area (Å²) in [5.41, 5.74) is 8.14. The summed E-state index contributed by atoms with van der Waals surface area (Å²) in [6.45, 7) is -0.266. The van der Waals surface area contributed by atoms with Crippen molar-refractivity contribution in [1.29, 1.82) is 0 Å². The van der Waals surface area contributed by atoms with Crippen molar-refractivity contribution in [2.45, 2.75) is 61.4 Å². The summed E-state index contributed by atoms with van der Waals surface area (Å²) in [4.78, 5) is 2.59. The van der Waals surface area contributed by atoms with Crippen LogP contribution in [0.2, 0.25) is 0 Å². The van der Waals surface area contributed by atoms with Crippen LogP contribution in [0.5, 0.6) is 0 Å². The molecule has 0 aromatic rings. The van der Waals surface area contributed by atoms with Crippen LogP contribution >= 0.6 is 0 Å². The van der Waals surface area contributed by atoms with E-state index < -0.39 is 74.6 Å². The standard InChI is InChI=1S/C18H33N3O13/c19-21-20-1-2-29-3-4-30-5-6-31-17-15(28)13(26)16(10(8-23)33-17)34-18-14(27)12(25)11(24)9(7-22)32-18/h9-18,22-28H,1-8H2/t9?,10?,11-,12?,13?,14?,15?,16+,17+,18-/m0/s1. The van der Waals surface area contributed by atoms with E-state index in [1.54, 1.807) is 0 Å². The molecule has 2 rings (SSSR count). The van der Waals surface area contributed by atoms with Crippen LogP contribution in [0.3, 0.4) is 0 Å². The van der Waals surface area contributed by atoms with Crippen LogP contribution in [-0.2, 0) is 28.4 Å². The van der Waals surface area contributed by atoms with Crippen molar-refractivity contribution < 1.29 is 64.2 Å². The van der Waals surface area contributed by atoms with Gasteiger partial charge < -0.3 is 64.2 Å². The first-order valence-electron chi connectivity index (χ1n) is 10.7. The average Bonchev–Trinajstić information content (AvgIpc) is 2.84. The number of ether oxygens (including phenoxy) is 6. The van der Waals surface area contributed by atoms with E-state index in [1.165, 1.54) is 0 Å². The van der Waals surface area contributed by atoms with Crippen molar-refractivity contribution >= 4 is 0 Å². The molecule has 16 heteroatoms. The van der Waals surface area contributed by atoms with Crippen molar-refractivity contribution in [3.05, 3.63) is 10.4 Å². The van der Waals surface area contributed by atoms with Gasteiger partial charge in [0.05, 0.1) is 46.2 Å². The summed E-state index contributed by atoms with van der Waals surface area (Å²) >= 11 is 0. The number of rotatable bonds is 14. The van der Waals surface area contributed by atoms with E-state index in [-0.39, 0.29) is 39.6 Å². The molecular formula is C18H33N3O13. The molecule has 0 aliphatic carbocycles. The lowest BCUT2D eigenvalue weighted by atomic mass is 9.97. The number of azide groups is 1. The summed E-state index contributed by atoms with van der Waals surface area (Å²) in [7, 11) is 0. The zero-order valence-electron chi connectivity index (χ0n) is 18.4. The van der Waals surface area contributed by atoms with E-state index in [9.17, 15) is 35.7 Å². The second-order valence-corrected chi connectivity index (χ2v) is 7.55. The monoisotopic (exact) mass is 499 g/mol. The van der Waals surface area contributed by atoms with Crippen LogP contribution in [0, 0.1) is 0 Å². The lowest BCUT2D eigenvalue weighted by Gasteiger charge is -2.45. The van der Waals surface area contributed by atoms with Crippen molar-refractivity contribution in [2.24, 2.45) is 5.11 Å². The molecule has 0 bridgehead atoms. The fourth-order valence-corrected chi connectivity index (χ4v) is 3.39. The van der Waals surface area contributed by atoms with Crippen molar-refractivity contribution in [3.63, 3.8) is 0 Å². The van der Waals surface area contributed by atoms with Gasteiger partial charge in [-0.1, -0.05) is 5.11 Å². The second kappa shape index (κ2) is 15.0. The Hall–Kier alpha value is -1.21. The van der Waals surface area contributed by atoms with E-state index in [1.807, 2.05) is 0 Å². The normalized spacial score (nSPS) is 38.4. The molecule has 34 heavy (non-hydrogen) atoms. The summed E-state index contributed by atoms with van der Waals surface area (Å²) in [5, 5.41) is 73.0. The Morgan fingerprint density at radius 2 is 1.29 bits per heavy atom. The zero-order chi connectivity index (χ0) is 25.1. The zero-order valence-corrected chi connectivity index (χ0v) is 18.4. The molecular weight excluding hydrogens is 466 g/mol. The van der Waals surface area contributed by atoms with E-state index >= 15 is 0 Å². The number of aliphatic hydroxyl groups excluding tert-OH is 7. The fraction of sp³-hybridized carbons (Fsp3) is 1.00. The van der Waals surface area contributed by atoms with Gasteiger partial charge in [-0.15, -0.1) is 0 Å². The van der Waals surface area contributed by atoms with Gasteiger partial charge in [0.2, 0.25) is 0 Å². The molecule has 2 heterocycles. The van der Waals surface area contributed by atoms with Gasteiger partial charge in [-0.2, -0.15) is 0 Å². The molecule has 0 radical (unpaired) electrons. The van der Waals surface area contributed by atoms with Crippen molar-refractivity contribution in [1.82, 2.24) is 0 Å². The van der Waals surface area contributed by atoms with Crippen LogP contribution in [-0.4, -0.2) is 150 Å². The summed E-state index contributed by atoms with van der Waals surface area (Å²) in [6, 6.07) is 0. The molecule has 16 nitrogen and oxygen atoms in total. The van der Waals surface area contributed by atoms with Gasteiger partial charge in [0.25, 0.3) is 0 Å². The summed E-state index contributed by atoms with van der Waals surface area (Å²) < 4.78 is 32.0. The SMILES string of the molecule is [N-]=[N+]=NCCOCCOCCO[C@@H]1OC(CO)[C@@H](O[C@@H]2OC(CO)[C@H](O)C(O)C2O)C(O)C1O. The average molecular weight is 499 g/mol.